The molecular formula is C26H43N5O4S. The average molecular weight is 522 g/mol. The van der Waals surface area contributed by atoms with Crippen molar-refractivity contribution in [3.8, 4) is 5.75 Å². The lowest BCUT2D eigenvalue weighted by atomic mass is 10.0. The number of hydrogen-bond donors (Lipinski definition) is 3. The fourth-order valence-corrected chi connectivity index (χ4v) is 3.76. The number of amides is 2. The summed E-state index contributed by atoms with van der Waals surface area (Å²) in [5.74, 6) is 0.481. The van der Waals surface area contributed by atoms with Crippen molar-refractivity contribution in [2.45, 2.75) is 45.1 Å². The minimum Gasteiger partial charge on any atom is -0.441 e. The Hall–Kier alpha value is -2.56. The quantitative estimate of drug-likeness (QED) is 0.126. The summed E-state index contributed by atoms with van der Waals surface area (Å²) in [6.07, 6.45) is 5.13. The van der Waals surface area contributed by atoms with Gasteiger partial charge < -0.3 is 24.2 Å². The third kappa shape index (κ3) is 12.9. The number of carbonyl (C=O) groups is 2. The molecule has 1 rings (SSSR count). The Morgan fingerprint density at radius 1 is 1.06 bits per heavy atom. The number of unbranched alkanes of at least 4 members (excludes halogenated alkanes) is 1. The van der Waals surface area contributed by atoms with Crippen molar-refractivity contribution < 1.29 is 19.1 Å². The summed E-state index contributed by atoms with van der Waals surface area (Å²) >= 11 is 4.07. The van der Waals surface area contributed by atoms with Crippen molar-refractivity contribution in [3.63, 3.8) is 0 Å². The third-order valence-electron chi connectivity index (χ3n) is 5.47. The molecule has 1 atom stereocenters. The minimum absolute atomic E-state index is 0.361. The molecule has 2 amide bonds. The zero-order valence-electron chi connectivity index (χ0n) is 22.3. The highest BCUT2D eigenvalue weighted by atomic mass is 32.1. The van der Waals surface area contributed by atoms with E-state index in [1.54, 1.807) is 16.4 Å². The van der Waals surface area contributed by atoms with Crippen LogP contribution in [0.2, 0.25) is 0 Å². The summed E-state index contributed by atoms with van der Waals surface area (Å²) in [7, 11) is 8.07. The van der Waals surface area contributed by atoms with Crippen molar-refractivity contribution in [1.29, 1.82) is 5.41 Å². The van der Waals surface area contributed by atoms with E-state index >= 15 is 0 Å². The first kappa shape index (κ1) is 31.5. The van der Waals surface area contributed by atoms with Gasteiger partial charge in [-0.15, -0.1) is 0 Å². The van der Waals surface area contributed by atoms with Crippen LogP contribution >= 0.6 is 12.6 Å². The van der Waals surface area contributed by atoms with E-state index in [-0.39, 0.29) is 6.09 Å². The smallest absolute Gasteiger partial charge is 0.415 e. The Morgan fingerprint density at radius 3 is 2.22 bits per heavy atom. The maximum absolute atomic E-state index is 13.0. The number of nitrogens with zero attached hydrogens (tertiary/aromatic N) is 3. The lowest BCUT2D eigenvalue weighted by Crippen LogP contribution is -2.37. The zero-order valence-corrected chi connectivity index (χ0v) is 23.2. The maximum Gasteiger partial charge on any atom is 0.415 e. The molecule has 0 radical (unpaired) electrons. The summed E-state index contributed by atoms with van der Waals surface area (Å²) in [5.41, 5.74) is 1.58. The van der Waals surface area contributed by atoms with E-state index in [0.29, 0.717) is 25.3 Å². The molecule has 0 aliphatic heterocycles. The van der Waals surface area contributed by atoms with Crippen LogP contribution in [0.3, 0.4) is 0 Å². The molecule has 0 aliphatic rings. The van der Waals surface area contributed by atoms with Crippen LogP contribution in [0, 0.1) is 12.3 Å². The number of thiol groups is 1. The molecule has 10 heteroatoms. The highest BCUT2D eigenvalue weighted by molar-refractivity contribution is 7.83. The predicted molar refractivity (Wildman–Crippen MR) is 148 cm³/mol. The fourth-order valence-electron chi connectivity index (χ4n) is 3.61. The van der Waals surface area contributed by atoms with Gasteiger partial charge in [0.2, 0.25) is 0 Å². The molecule has 0 spiro atoms. The first-order valence-electron chi connectivity index (χ1n) is 12.3. The van der Waals surface area contributed by atoms with Crippen molar-refractivity contribution in [1.82, 2.24) is 20.0 Å². The molecular weight excluding hydrogens is 478 g/mol. The van der Waals surface area contributed by atoms with E-state index in [4.69, 9.17) is 14.9 Å². The number of allylic oxidation sites excluding steroid dienone is 1. The average Bonchev–Trinajstić information content (AvgIpc) is 2.81. The molecule has 0 saturated carbocycles. The molecule has 1 aromatic carbocycles. The number of rotatable bonds is 16. The molecule has 0 saturated heterocycles. The Kier molecular flexibility index (Phi) is 15.6. The van der Waals surface area contributed by atoms with E-state index in [1.807, 2.05) is 53.3 Å². The van der Waals surface area contributed by atoms with Crippen LogP contribution in [0.25, 0.3) is 0 Å². The number of carbonyl (C=O) groups excluding carboxylic acids is 2. The highest BCUT2D eigenvalue weighted by Gasteiger charge is 2.20. The number of benzene rings is 1. The van der Waals surface area contributed by atoms with Gasteiger partial charge in [-0.1, -0.05) is 12.1 Å². The molecule has 0 aromatic heterocycles. The van der Waals surface area contributed by atoms with Crippen molar-refractivity contribution in [3.05, 3.63) is 40.8 Å². The first-order chi connectivity index (χ1) is 17.2. The molecule has 202 valence electrons. The van der Waals surface area contributed by atoms with Gasteiger partial charge in [-0.25, -0.2) is 9.59 Å². The molecule has 0 aliphatic carbocycles. The second-order valence-electron chi connectivity index (χ2n) is 9.19. The van der Waals surface area contributed by atoms with Gasteiger partial charge in [0, 0.05) is 13.1 Å². The van der Waals surface area contributed by atoms with Gasteiger partial charge in [-0.3, -0.25) is 10.7 Å². The third-order valence-corrected chi connectivity index (χ3v) is 5.69. The van der Waals surface area contributed by atoms with E-state index in [1.165, 1.54) is 0 Å². The summed E-state index contributed by atoms with van der Waals surface area (Å²) < 4.78 is 11.3. The Labute approximate surface area is 221 Å². The summed E-state index contributed by atoms with van der Waals surface area (Å²) in [5, 5.41) is 11.0. The lowest BCUT2D eigenvalue weighted by molar-refractivity contribution is 0.0959. The fraction of sp³-hybridized carbons (Fsp3) is 0.577. The monoisotopic (exact) mass is 521 g/mol. The number of alkyl carbamates (subject to hydrolysis) is 1. The molecule has 9 nitrogen and oxygen atoms in total. The van der Waals surface area contributed by atoms with Crippen molar-refractivity contribution >= 4 is 31.2 Å². The van der Waals surface area contributed by atoms with Crippen LogP contribution < -0.4 is 10.1 Å². The molecule has 36 heavy (non-hydrogen) atoms. The van der Waals surface area contributed by atoms with Crippen molar-refractivity contribution in [2.24, 2.45) is 0 Å². The Bertz CT molecular complexity index is 834. The largest absolute Gasteiger partial charge is 0.441 e. The van der Waals surface area contributed by atoms with E-state index in [2.05, 4.69) is 27.7 Å². The number of aryl methyl sites for hydroxylation is 1. The standard InChI is InChI=1S/C26H43N5O4S/c1-21-19-22(24(11-7-6-8-18-36)34-25(32)28-20-27)12-13-23(21)35-26(33)31(16-9-14-29(2)3)17-10-15-30(4)5/h8,12-13,18-20,24,36H,6-7,9-11,14-17H2,1-5H3,(H2,27,28,32)/b18-8+. The van der Waals surface area contributed by atoms with Gasteiger partial charge in [0.1, 0.15) is 11.9 Å². The van der Waals surface area contributed by atoms with E-state index < -0.39 is 12.2 Å². The van der Waals surface area contributed by atoms with Crippen LogP contribution in [0.4, 0.5) is 9.59 Å². The Morgan fingerprint density at radius 2 is 1.69 bits per heavy atom. The van der Waals surface area contributed by atoms with Crippen LogP contribution in [0.5, 0.6) is 5.75 Å². The number of nitrogens with one attached hydrogen (secondary N) is 2. The van der Waals surface area contributed by atoms with Crippen LogP contribution in [-0.2, 0) is 4.74 Å². The van der Waals surface area contributed by atoms with Gasteiger partial charge in [-0.05, 0) is 109 Å². The minimum atomic E-state index is -0.681. The van der Waals surface area contributed by atoms with Crippen LogP contribution in [-0.4, -0.2) is 87.6 Å². The molecule has 0 fully saturated rings. The Balaban J connectivity index is 2.94. The molecule has 1 unspecified atom stereocenters. The zero-order chi connectivity index (χ0) is 26.9. The second-order valence-corrected chi connectivity index (χ2v) is 9.49. The lowest BCUT2D eigenvalue weighted by Gasteiger charge is -2.24. The predicted octanol–water partition coefficient (Wildman–Crippen LogP) is 4.69. The topological polar surface area (TPSA) is 98.2 Å². The van der Waals surface area contributed by atoms with Gasteiger partial charge in [-0.2, -0.15) is 12.6 Å². The van der Waals surface area contributed by atoms with Crippen LogP contribution in [0.15, 0.2) is 29.7 Å². The van der Waals surface area contributed by atoms with E-state index in [0.717, 1.165) is 56.2 Å². The SMILES string of the molecule is Cc1cc(C(CCC/C=C/S)OC(=O)NC=N)ccc1OC(=O)N(CCCN(C)C)CCCN(C)C. The number of hydrogen-bond acceptors (Lipinski definition) is 8. The highest BCUT2D eigenvalue weighted by Crippen LogP contribution is 2.29. The molecule has 1 aromatic rings. The molecule has 0 bridgehead atoms. The first-order valence-corrected chi connectivity index (χ1v) is 12.8. The van der Waals surface area contributed by atoms with Gasteiger partial charge in [0.15, 0.2) is 0 Å². The summed E-state index contributed by atoms with van der Waals surface area (Å²) in [6.45, 7) is 4.90. The van der Waals surface area contributed by atoms with Gasteiger partial charge >= 0.3 is 12.2 Å². The second kappa shape index (κ2) is 17.8. The van der Waals surface area contributed by atoms with Gasteiger partial charge in [0.05, 0.1) is 6.34 Å². The summed E-state index contributed by atoms with van der Waals surface area (Å²) in [4.78, 5) is 30.9. The molecule has 2 N–H and O–H groups in total. The van der Waals surface area contributed by atoms with E-state index in [9.17, 15) is 9.59 Å². The summed E-state index contributed by atoms with van der Waals surface area (Å²) in [6, 6.07) is 5.44. The normalized spacial score (nSPS) is 12.1. The van der Waals surface area contributed by atoms with Crippen LogP contribution in [0.1, 0.15) is 49.3 Å². The van der Waals surface area contributed by atoms with Gasteiger partial charge in [0.25, 0.3) is 0 Å². The molecule has 0 heterocycles. The number of ether oxygens (including phenoxy) is 2. The van der Waals surface area contributed by atoms with Crippen molar-refractivity contribution in [2.75, 3.05) is 54.4 Å². The maximum atomic E-state index is 13.0.